The Morgan fingerprint density at radius 1 is 1.15 bits per heavy atom. The third-order valence-corrected chi connectivity index (χ3v) is 6.26. The Morgan fingerprint density at radius 2 is 1.94 bits per heavy atom. The summed E-state index contributed by atoms with van der Waals surface area (Å²) in [5, 5.41) is 3.93. The second-order valence-corrected chi connectivity index (χ2v) is 8.30. The van der Waals surface area contributed by atoms with Crippen LogP contribution in [0.2, 0.25) is 10.0 Å². The quantitative estimate of drug-likeness (QED) is 0.362. The number of para-hydroxylation sites is 1. The number of hydrogen-bond acceptors (Lipinski definition) is 4. The summed E-state index contributed by atoms with van der Waals surface area (Å²) in [6.07, 6.45) is 2.06. The van der Waals surface area contributed by atoms with E-state index in [1.165, 1.54) is 4.57 Å². The van der Waals surface area contributed by atoms with Crippen LogP contribution in [0.15, 0.2) is 70.1 Å². The number of aromatic nitrogens is 2. The van der Waals surface area contributed by atoms with Crippen LogP contribution in [0.25, 0.3) is 10.9 Å². The fourth-order valence-corrected chi connectivity index (χ4v) is 4.10. The van der Waals surface area contributed by atoms with E-state index in [9.17, 15) is 9.59 Å². The van der Waals surface area contributed by atoms with Crippen LogP contribution in [0.4, 0.5) is 10.5 Å². The van der Waals surface area contributed by atoms with Gasteiger partial charge in [0.15, 0.2) is 0 Å². The van der Waals surface area contributed by atoms with Crippen LogP contribution >= 0.6 is 23.2 Å². The van der Waals surface area contributed by atoms with Crippen molar-refractivity contribution < 1.29 is 9.21 Å². The van der Waals surface area contributed by atoms with Gasteiger partial charge < -0.3 is 14.6 Å². The number of urea groups is 1. The minimum Gasteiger partial charge on any atom is -0.467 e. The molecule has 0 aliphatic heterocycles. The number of nitrogens with zero attached hydrogens (tertiary/aromatic N) is 3. The van der Waals surface area contributed by atoms with Gasteiger partial charge in [0, 0.05) is 7.05 Å². The maximum atomic E-state index is 13.5. The molecule has 2 aromatic carbocycles. The van der Waals surface area contributed by atoms with Gasteiger partial charge >= 0.3 is 6.03 Å². The third-order valence-electron chi connectivity index (χ3n) is 5.44. The number of carbonyl (C=O) groups excluding carboxylic acids is 1. The SMILES string of the molecule is CCC(c1nc2ccccc2c(=O)n1C)N(Cc1ccco1)C(=O)Nc1cccc(Cl)c1Cl. The van der Waals surface area contributed by atoms with E-state index >= 15 is 0 Å². The minimum atomic E-state index is -0.518. The Balaban J connectivity index is 1.78. The Morgan fingerprint density at radius 3 is 2.67 bits per heavy atom. The highest BCUT2D eigenvalue weighted by atomic mass is 35.5. The number of nitrogens with one attached hydrogen (secondary N) is 1. The monoisotopic (exact) mass is 484 g/mol. The van der Waals surface area contributed by atoms with Crippen LogP contribution in [-0.4, -0.2) is 20.5 Å². The van der Waals surface area contributed by atoms with Crippen molar-refractivity contribution in [2.75, 3.05) is 5.32 Å². The van der Waals surface area contributed by atoms with E-state index in [2.05, 4.69) is 5.32 Å². The number of carbonyl (C=O) groups is 1. The van der Waals surface area contributed by atoms with Crippen LogP contribution in [0, 0.1) is 0 Å². The fourth-order valence-electron chi connectivity index (χ4n) is 3.76. The Bertz CT molecular complexity index is 1350. The summed E-state index contributed by atoms with van der Waals surface area (Å²) in [6, 6.07) is 14.8. The van der Waals surface area contributed by atoms with Crippen molar-refractivity contribution >= 4 is 45.8 Å². The molecule has 0 saturated heterocycles. The summed E-state index contributed by atoms with van der Waals surface area (Å²) < 4.78 is 7.00. The molecule has 1 unspecified atom stereocenters. The number of amides is 2. The van der Waals surface area contributed by atoms with Crippen molar-refractivity contribution in [2.24, 2.45) is 7.05 Å². The van der Waals surface area contributed by atoms with E-state index in [-0.39, 0.29) is 17.1 Å². The Labute approximate surface area is 200 Å². The van der Waals surface area contributed by atoms with Gasteiger partial charge in [0.1, 0.15) is 11.6 Å². The molecule has 0 spiro atoms. The van der Waals surface area contributed by atoms with Crippen molar-refractivity contribution in [1.29, 1.82) is 0 Å². The molecule has 0 bridgehead atoms. The molecule has 2 aromatic heterocycles. The lowest BCUT2D eigenvalue weighted by Crippen LogP contribution is -2.40. The Hall–Kier alpha value is -3.29. The highest BCUT2D eigenvalue weighted by Gasteiger charge is 2.29. The number of fused-ring (bicyclic) bond motifs is 1. The van der Waals surface area contributed by atoms with Gasteiger partial charge in [-0.2, -0.15) is 0 Å². The summed E-state index contributed by atoms with van der Waals surface area (Å²) in [7, 11) is 1.66. The minimum absolute atomic E-state index is 0.165. The summed E-state index contributed by atoms with van der Waals surface area (Å²) in [4.78, 5) is 32.8. The van der Waals surface area contributed by atoms with Gasteiger partial charge in [-0.15, -0.1) is 0 Å². The lowest BCUT2D eigenvalue weighted by molar-refractivity contribution is 0.169. The molecule has 9 heteroatoms. The summed E-state index contributed by atoms with van der Waals surface area (Å²) >= 11 is 12.4. The second-order valence-electron chi connectivity index (χ2n) is 7.51. The number of benzene rings is 2. The summed E-state index contributed by atoms with van der Waals surface area (Å²) in [5.74, 6) is 1.06. The van der Waals surface area contributed by atoms with E-state index in [0.29, 0.717) is 39.6 Å². The fraction of sp³-hybridized carbons (Fsp3) is 0.208. The molecule has 0 aliphatic carbocycles. The zero-order valence-electron chi connectivity index (χ0n) is 18.1. The molecule has 4 rings (SSSR count). The predicted molar refractivity (Wildman–Crippen MR) is 130 cm³/mol. The maximum Gasteiger partial charge on any atom is 0.322 e. The molecule has 170 valence electrons. The van der Waals surface area contributed by atoms with Gasteiger partial charge in [-0.25, -0.2) is 9.78 Å². The molecule has 1 atom stereocenters. The number of hydrogen-bond donors (Lipinski definition) is 1. The van der Waals surface area contributed by atoms with E-state index < -0.39 is 12.1 Å². The molecular weight excluding hydrogens is 463 g/mol. The molecule has 4 aromatic rings. The van der Waals surface area contributed by atoms with Gasteiger partial charge in [-0.1, -0.05) is 48.3 Å². The summed E-state index contributed by atoms with van der Waals surface area (Å²) in [5.41, 5.74) is 0.782. The van der Waals surface area contributed by atoms with Crippen molar-refractivity contribution in [2.45, 2.75) is 25.9 Å². The van der Waals surface area contributed by atoms with Crippen molar-refractivity contribution in [3.8, 4) is 0 Å². The number of rotatable bonds is 6. The molecule has 1 N–H and O–H groups in total. The molecule has 33 heavy (non-hydrogen) atoms. The van der Waals surface area contributed by atoms with Gasteiger partial charge in [0.2, 0.25) is 0 Å². The second kappa shape index (κ2) is 9.68. The topological polar surface area (TPSA) is 80.4 Å². The first kappa shape index (κ1) is 22.9. The van der Waals surface area contributed by atoms with Gasteiger partial charge in [0.25, 0.3) is 5.56 Å². The Kier molecular flexibility index (Phi) is 6.72. The van der Waals surface area contributed by atoms with E-state index in [1.54, 1.807) is 66.7 Å². The lowest BCUT2D eigenvalue weighted by atomic mass is 10.1. The van der Waals surface area contributed by atoms with Gasteiger partial charge in [-0.3, -0.25) is 9.36 Å². The van der Waals surface area contributed by atoms with E-state index in [0.717, 1.165) is 0 Å². The highest BCUT2D eigenvalue weighted by molar-refractivity contribution is 6.43. The first-order valence-electron chi connectivity index (χ1n) is 10.4. The van der Waals surface area contributed by atoms with Gasteiger partial charge in [-0.05, 0) is 42.8 Å². The zero-order chi connectivity index (χ0) is 23.5. The number of furan rings is 1. The number of halogens is 2. The number of anilines is 1. The van der Waals surface area contributed by atoms with Crippen molar-refractivity contribution in [1.82, 2.24) is 14.5 Å². The summed E-state index contributed by atoms with van der Waals surface area (Å²) in [6.45, 7) is 2.10. The van der Waals surface area contributed by atoms with Crippen molar-refractivity contribution in [3.05, 3.63) is 92.8 Å². The average molecular weight is 485 g/mol. The largest absolute Gasteiger partial charge is 0.467 e. The van der Waals surface area contributed by atoms with Crippen LogP contribution in [0.3, 0.4) is 0 Å². The van der Waals surface area contributed by atoms with E-state index in [4.69, 9.17) is 32.6 Å². The smallest absolute Gasteiger partial charge is 0.322 e. The molecule has 0 fully saturated rings. The predicted octanol–water partition coefficient (Wildman–Crippen LogP) is 6.02. The molecule has 2 heterocycles. The molecule has 7 nitrogen and oxygen atoms in total. The molecule has 2 amide bonds. The van der Waals surface area contributed by atoms with Crippen LogP contribution in [0.1, 0.15) is 31.0 Å². The van der Waals surface area contributed by atoms with Crippen LogP contribution in [0.5, 0.6) is 0 Å². The standard InChI is InChI=1S/C24H22Cl2N4O3/c1-3-20(22-27-18-11-5-4-9-16(18)23(31)29(22)2)30(14-15-8-7-13-33-15)24(32)28-19-12-6-10-17(25)21(19)26/h4-13,20H,3,14H2,1-2H3,(H,28,32). The highest BCUT2D eigenvalue weighted by Crippen LogP contribution is 2.31. The first-order valence-corrected chi connectivity index (χ1v) is 11.2. The lowest BCUT2D eigenvalue weighted by Gasteiger charge is -2.31. The molecule has 0 radical (unpaired) electrons. The van der Waals surface area contributed by atoms with Crippen LogP contribution < -0.4 is 10.9 Å². The molecule has 0 saturated carbocycles. The van der Waals surface area contributed by atoms with Gasteiger partial charge in [0.05, 0.1) is 45.5 Å². The first-order chi connectivity index (χ1) is 15.9. The van der Waals surface area contributed by atoms with Crippen LogP contribution in [-0.2, 0) is 13.6 Å². The zero-order valence-corrected chi connectivity index (χ0v) is 19.6. The normalized spacial score (nSPS) is 12.0. The maximum absolute atomic E-state index is 13.5. The third kappa shape index (κ3) is 4.60. The van der Waals surface area contributed by atoms with E-state index in [1.807, 2.05) is 13.0 Å². The molecular formula is C24H22Cl2N4O3. The van der Waals surface area contributed by atoms with Crippen molar-refractivity contribution in [3.63, 3.8) is 0 Å². The average Bonchev–Trinajstić information content (AvgIpc) is 3.33. The molecule has 0 aliphatic rings.